The first-order valence-electron chi connectivity index (χ1n) is 26.4. The topological polar surface area (TPSA) is 78.9 Å². The van der Waals surface area contributed by atoms with Crippen molar-refractivity contribution in [3.8, 4) is 0 Å². The minimum atomic E-state index is -0.758. The van der Waals surface area contributed by atoms with E-state index in [9.17, 15) is 14.4 Å². The van der Waals surface area contributed by atoms with Gasteiger partial charge in [-0.05, 0) is 25.2 Å². The monoisotopic (exact) mass is 835 g/mol. The van der Waals surface area contributed by atoms with Gasteiger partial charge in [0.15, 0.2) is 6.10 Å². The molecule has 0 rings (SSSR count). The number of hydrogen-bond donors (Lipinski definition) is 0. The largest absolute Gasteiger partial charge is 0.462 e. The maximum Gasteiger partial charge on any atom is 0.306 e. The predicted molar refractivity (Wildman–Crippen MR) is 252 cm³/mol. The summed E-state index contributed by atoms with van der Waals surface area (Å²) in [4.78, 5) is 37.6. The first kappa shape index (κ1) is 57.4. The van der Waals surface area contributed by atoms with Crippen molar-refractivity contribution in [2.24, 2.45) is 5.92 Å². The van der Waals surface area contributed by atoms with Gasteiger partial charge in [-0.15, -0.1) is 0 Å². The smallest absolute Gasteiger partial charge is 0.306 e. The Labute approximate surface area is 368 Å². The van der Waals surface area contributed by atoms with E-state index in [0.29, 0.717) is 19.3 Å². The third-order valence-corrected chi connectivity index (χ3v) is 12.0. The Morgan fingerprint density at radius 3 is 0.831 bits per heavy atom. The molecule has 0 fully saturated rings. The standard InChI is InChI=1S/C53H102O6/c1-5-7-9-11-12-13-14-15-20-24-27-30-33-37-40-44-51(54)57-47-50(59-53(56)46-42-35-10-8-6-2)48-58-52(55)45-41-38-34-31-28-25-22-19-17-16-18-21-23-26-29-32-36-39-43-49(3)4/h49-50H,5-48H2,1-4H3/t50-/m0/s1. The molecule has 0 aliphatic rings. The van der Waals surface area contributed by atoms with Crippen LogP contribution in [0.3, 0.4) is 0 Å². The van der Waals surface area contributed by atoms with Gasteiger partial charge in [0.05, 0.1) is 0 Å². The average Bonchev–Trinajstić information content (AvgIpc) is 3.22. The molecule has 59 heavy (non-hydrogen) atoms. The Balaban J connectivity index is 4.01. The maximum atomic E-state index is 12.6. The molecule has 0 bridgehead atoms. The zero-order valence-electron chi connectivity index (χ0n) is 40.2. The van der Waals surface area contributed by atoms with Gasteiger partial charge < -0.3 is 14.2 Å². The van der Waals surface area contributed by atoms with E-state index in [1.54, 1.807) is 0 Å². The van der Waals surface area contributed by atoms with Crippen LogP contribution in [0.1, 0.15) is 297 Å². The van der Waals surface area contributed by atoms with Gasteiger partial charge in [0.2, 0.25) is 0 Å². The lowest BCUT2D eigenvalue weighted by Crippen LogP contribution is -2.30. The molecule has 0 aromatic carbocycles. The highest BCUT2D eigenvalue weighted by atomic mass is 16.6. The summed E-state index contributed by atoms with van der Waals surface area (Å²) in [7, 11) is 0. The Bertz CT molecular complexity index is 887. The number of hydrogen-bond acceptors (Lipinski definition) is 6. The number of carbonyl (C=O) groups is 3. The van der Waals surface area contributed by atoms with Gasteiger partial charge in [-0.3, -0.25) is 14.4 Å². The SMILES string of the molecule is CCCCCCCCCCCCCCCCCC(=O)OC[C@@H](COC(=O)CCCCCCCCCCCCCCCCCCCCC(C)C)OC(=O)CCCCCCC. The molecule has 0 radical (unpaired) electrons. The summed E-state index contributed by atoms with van der Waals surface area (Å²) < 4.78 is 16.7. The van der Waals surface area contributed by atoms with Crippen molar-refractivity contribution in [3.63, 3.8) is 0 Å². The lowest BCUT2D eigenvalue weighted by atomic mass is 10.0. The summed E-state index contributed by atoms with van der Waals surface area (Å²) in [6, 6.07) is 0. The lowest BCUT2D eigenvalue weighted by molar-refractivity contribution is -0.167. The van der Waals surface area contributed by atoms with E-state index in [0.717, 1.165) is 70.1 Å². The van der Waals surface area contributed by atoms with Gasteiger partial charge in [-0.1, -0.05) is 259 Å². The lowest BCUT2D eigenvalue weighted by Gasteiger charge is -2.18. The van der Waals surface area contributed by atoms with Gasteiger partial charge in [-0.25, -0.2) is 0 Å². The number of carbonyl (C=O) groups excluding carboxylic acids is 3. The van der Waals surface area contributed by atoms with Gasteiger partial charge >= 0.3 is 17.9 Å². The van der Waals surface area contributed by atoms with Gasteiger partial charge in [0, 0.05) is 19.3 Å². The van der Waals surface area contributed by atoms with E-state index in [4.69, 9.17) is 14.2 Å². The first-order chi connectivity index (χ1) is 28.9. The van der Waals surface area contributed by atoms with Crippen LogP contribution in [0.25, 0.3) is 0 Å². The second kappa shape index (κ2) is 47.5. The molecule has 0 spiro atoms. The Morgan fingerprint density at radius 1 is 0.322 bits per heavy atom. The van der Waals surface area contributed by atoms with Crippen LogP contribution >= 0.6 is 0 Å². The molecule has 0 saturated carbocycles. The third kappa shape index (κ3) is 47.3. The molecule has 0 amide bonds. The van der Waals surface area contributed by atoms with Crippen LogP contribution in [0.5, 0.6) is 0 Å². The molecule has 6 heteroatoms. The molecule has 0 N–H and O–H groups in total. The van der Waals surface area contributed by atoms with Crippen LogP contribution in [-0.4, -0.2) is 37.2 Å². The second-order valence-electron chi connectivity index (χ2n) is 18.6. The number of unbranched alkanes of at least 4 members (excludes halogenated alkanes) is 35. The van der Waals surface area contributed by atoms with Crippen molar-refractivity contribution in [1.29, 1.82) is 0 Å². The third-order valence-electron chi connectivity index (χ3n) is 12.0. The van der Waals surface area contributed by atoms with Crippen LogP contribution in [0.2, 0.25) is 0 Å². The number of rotatable bonds is 48. The molecule has 6 nitrogen and oxygen atoms in total. The summed E-state index contributed by atoms with van der Waals surface area (Å²) in [6.07, 6.45) is 49.9. The molecular formula is C53H102O6. The van der Waals surface area contributed by atoms with Crippen LogP contribution in [0.15, 0.2) is 0 Å². The van der Waals surface area contributed by atoms with Gasteiger partial charge in [0.1, 0.15) is 13.2 Å². The summed E-state index contributed by atoms with van der Waals surface area (Å²) >= 11 is 0. The van der Waals surface area contributed by atoms with Crippen LogP contribution < -0.4 is 0 Å². The zero-order valence-corrected chi connectivity index (χ0v) is 40.2. The Kier molecular flexibility index (Phi) is 46.2. The summed E-state index contributed by atoms with van der Waals surface area (Å²) in [5.41, 5.74) is 0. The van der Waals surface area contributed by atoms with E-state index < -0.39 is 6.10 Å². The van der Waals surface area contributed by atoms with E-state index in [-0.39, 0.29) is 31.1 Å². The van der Waals surface area contributed by atoms with Crippen molar-refractivity contribution in [2.75, 3.05) is 13.2 Å². The molecule has 0 aromatic rings. The molecule has 0 heterocycles. The van der Waals surface area contributed by atoms with Gasteiger partial charge in [0.25, 0.3) is 0 Å². The zero-order chi connectivity index (χ0) is 43.1. The molecule has 0 saturated heterocycles. The van der Waals surface area contributed by atoms with E-state index in [2.05, 4.69) is 27.7 Å². The second-order valence-corrected chi connectivity index (χ2v) is 18.6. The van der Waals surface area contributed by atoms with Crippen molar-refractivity contribution >= 4 is 17.9 Å². The molecule has 1 atom stereocenters. The van der Waals surface area contributed by atoms with E-state index >= 15 is 0 Å². The van der Waals surface area contributed by atoms with Crippen molar-refractivity contribution in [1.82, 2.24) is 0 Å². The molecule has 0 aromatic heterocycles. The maximum absolute atomic E-state index is 12.6. The normalized spacial score (nSPS) is 11.9. The van der Waals surface area contributed by atoms with Crippen molar-refractivity contribution in [3.05, 3.63) is 0 Å². The van der Waals surface area contributed by atoms with E-state index in [1.165, 1.54) is 186 Å². The fourth-order valence-corrected chi connectivity index (χ4v) is 8.04. The summed E-state index contributed by atoms with van der Waals surface area (Å²) in [5, 5.41) is 0. The summed E-state index contributed by atoms with van der Waals surface area (Å²) in [6.45, 7) is 8.97. The Morgan fingerprint density at radius 2 is 0.559 bits per heavy atom. The van der Waals surface area contributed by atoms with Gasteiger partial charge in [-0.2, -0.15) is 0 Å². The highest BCUT2D eigenvalue weighted by molar-refractivity contribution is 5.71. The highest BCUT2D eigenvalue weighted by Crippen LogP contribution is 2.17. The van der Waals surface area contributed by atoms with Crippen LogP contribution in [0.4, 0.5) is 0 Å². The molecule has 0 aliphatic carbocycles. The minimum absolute atomic E-state index is 0.0642. The first-order valence-corrected chi connectivity index (χ1v) is 26.4. The summed E-state index contributed by atoms with van der Waals surface area (Å²) in [5.74, 6) is 0.000319. The Hall–Kier alpha value is -1.59. The molecule has 0 aliphatic heterocycles. The van der Waals surface area contributed by atoms with Crippen molar-refractivity contribution < 1.29 is 28.6 Å². The average molecular weight is 835 g/mol. The molecular weight excluding hydrogens is 733 g/mol. The number of esters is 3. The fourth-order valence-electron chi connectivity index (χ4n) is 8.04. The molecule has 350 valence electrons. The van der Waals surface area contributed by atoms with Crippen molar-refractivity contribution in [2.45, 2.75) is 303 Å². The van der Waals surface area contributed by atoms with Crippen LogP contribution in [0, 0.1) is 5.92 Å². The molecule has 0 unspecified atom stereocenters. The number of ether oxygens (including phenoxy) is 3. The quantitative estimate of drug-likeness (QED) is 0.0345. The van der Waals surface area contributed by atoms with Crippen LogP contribution in [-0.2, 0) is 28.6 Å². The minimum Gasteiger partial charge on any atom is -0.462 e. The fraction of sp³-hybridized carbons (Fsp3) is 0.943. The highest BCUT2D eigenvalue weighted by Gasteiger charge is 2.19. The predicted octanol–water partition coefficient (Wildman–Crippen LogP) is 17.1. The van der Waals surface area contributed by atoms with E-state index in [1.807, 2.05) is 0 Å².